The molecule has 0 spiro atoms. The van der Waals surface area contributed by atoms with Gasteiger partial charge in [-0.15, -0.1) is 0 Å². The van der Waals surface area contributed by atoms with E-state index in [-0.39, 0.29) is 12.2 Å². The standard InChI is InChI=1S/C15H15ClFNO8/c1-3-26-13-7(6(2)19)4-9(16)12(17)10(13)8(5-18(24)25)11(14(20)21)15(22)23/h4,8,11H,3,5H2,1-2H3,(H,20,21)(H,22,23)/t8-/m0/s1. The van der Waals surface area contributed by atoms with Gasteiger partial charge in [-0.25, -0.2) is 4.39 Å². The number of aliphatic carboxylic acids is 2. The molecule has 9 nitrogen and oxygen atoms in total. The molecule has 0 saturated heterocycles. The average Bonchev–Trinajstić information content (AvgIpc) is 2.49. The number of halogens is 2. The second kappa shape index (κ2) is 8.56. The Labute approximate surface area is 151 Å². The molecule has 0 fully saturated rings. The molecule has 0 saturated carbocycles. The first kappa shape index (κ1) is 21.3. The third kappa shape index (κ3) is 4.45. The number of ketones is 1. The SMILES string of the molecule is CCOc1c(C(C)=O)cc(Cl)c(F)c1[C@H](C[N+](=O)[O-])C(C(=O)O)C(=O)O. The van der Waals surface area contributed by atoms with Crippen LogP contribution in [0.2, 0.25) is 5.02 Å². The first-order valence-electron chi connectivity index (χ1n) is 7.25. The van der Waals surface area contributed by atoms with Crippen LogP contribution < -0.4 is 4.74 Å². The van der Waals surface area contributed by atoms with Crippen molar-refractivity contribution in [2.24, 2.45) is 5.92 Å². The van der Waals surface area contributed by atoms with Crippen molar-refractivity contribution in [2.45, 2.75) is 19.8 Å². The number of hydrogen-bond acceptors (Lipinski definition) is 6. The number of hydrogen-bond donors (Lipinski definition) is 2. The van der Waals surface area contributed by atoms with E-state index in [1.54, 1.807) is 0 Å². The maximum Gasteiger partial charge on any atom is 0.318 e. The van der Waals surface area contributed by atoms with E-state index in [1.165, 1.54) is 6.92 Å². The summed E-state index contributed by atoms with van der Waals surface area (Å²) in [5.74, 6) is -10.5. The van der Waals surface area contributed by atoms with Crippen LogP contribution in [0.3, 0.4) is 0 Å². The van der Waals surface area contributed by atoms with E-state index in [0.717, 1.165) is 13.0 Å². The largest absolute Gasteiger partial charge is 0.493 e. The fraction of sp³-hybridized carbons (Fsp3) is 0.400. The van der Waals surface area contributed by atoms with E-state index in [0.29, 0.717) is 0 Å². The van der Waals surface area contributed by atoms with Crippen LogP contribution in [0.5, 0.6) is 5.75 Å². The lowest BCUT2D eigenvalue weighted by Crippen LogP contribution is -2.34. The number of benzene rings is 1. The predicted octanol–water partition coefficient (Wildman–Crippen LogP) is 2.23. The molecular weight excluding hydrogens is 377 g/mol. The fourth-order valence-corrected chi connectivity index (χ4v) is 2.71. The van der Waals surface area contributed by atoms with Gasteiger partial charge >= 0.3 is 11.9 Å². The molecule has 0 radical (unpaired) electrons. The quantitative estimate of drug-likeness (QED) is 0.282. The van der Waals surface area contributed by atoms with Gasteiger partial charge in [0.05, 0.1) is 23.1 Å². The van der Waals surface area contributed by atoms with Gasteiger partial charge in [-0.1, -0.05) is 11.6 Å². The molecule has 0 unspecified atom stereocenters. The lowest BCUT2D eigenvalue weighted by atomic mass is 9.83. The first-order valence-corrected chi connectivity index (χ1v) is 7.63. The third-order valence-corrected chi connectivity index (χ3v) is 3.80. The van der Waals surface area contributed by atoms with Crippen molar-refractivity contribution < 1.29 is 38.6 Å². The molecule has 142 valence electrons. The molecule has 0 bridgehead atoms. The summed E-state index contributed by atoms with van der Waals surface area (Å²) in [5, 5.41) is 28.7. The highest BCUT2D eigenvalue weighted by Crippen LogP contribution is 2.40. The van der Waals surface area contributed by atoms with Gasteiger partial charge in [-0.2, -0.15) is 0 Å². The second-order valence-corrected chi connectivity index (χ2v) is 5.64. The van der Waals surface area contributed by atoms with Gasteiger partial charge in [-0.3, -0.25) is 24.5 Å². The van der Waals surface area contributed by atoms with E-state index < -0.39 is 63.2 Å². The Morgan fingerprint density at radius 3 is 2.27 bits per heavy atom. The van der Waals surface area contributed by atoms with Crippen LogP contribution in [0.1, 0.15) is 35.7 Å². The van der Waals surface area contributed by atoms with Crippen LogP contribution in [-0.4, -0.2) is 46.0 Å². The van der Waals surface area contributed by atoms with E-state index in [1.807, 2.05) is 0 Å². The Bertz CT molecular complexity index is 753. The van der Waals surface area contributed by atoms with Crippen molar-refractivity contribution in [3.63, 3.8) is 0 Å². The molecule has 0 aliphatic carbocycles. The van der Waals surface area contributed by atoms with Crippen LogP contribution in [-0.2, 0) is 9.59 Å². The van der Waals surface area contributed by atoms with Crippen molar-refractivity contribution in [1.82, 2.24) is 0 Å². The third-order valence-electron chi connectivity index (χ3n) is 3.53. The second-order valence-electron chi connectivity index (χ2n) is 5.23. The number of carboxylic acid groups (broad SMARTS) is 2. The molecule has 11 heteroatoms. The van der Waals surface area contributed by atoms with Crippen LogP contribution in [0, 0.1) is 21.8 Å². The molecule has 26 heavy (non-hydrogen) atoms. The predicted molar refractivity (Wildman–Crippen MR) is 85.9 cm³/mol. The highest BCUT2D eigenvalue weighted by Gasteiger charge is 2.43. The molecule has 1 atom stereocenters. The van der Waals surface area contributed by atoms with E-state index in [9.17, 15) is 39.1 Å². The van der Waals surface area contributed by atoms with E-state index >= 15 is 0 Å². The van der Waals surface area contributed by atoms with E-state index in [2.05, 4.69) is 0 Å². The fourth-order valence-electron chi connectivity index (χ4n) is 2.50. The number of carboxylic acids is 2. The molecule has 2 N–H and O–H groups in total. The minimum Gasteiger partial charge on any atom is -0.493 e. The van der Waals surface area contributed by atoms with Crippen LogP contribution in [0.25, 0.3) is 0 Å². The molecule has 1 aromatic carbocycles. The normalized spacial score (nSPS) is 11.9. The zero-order valence-electron chi connectivity index (χ0n) is 13.7. The van der Waals surface area contributed by atoms with Crippen LogP contribution in [0.4, 0.5) is 4.39 Å². The summed E-state index contributed by atoms with van der Waals surface area (Å²) in [7, 11) is 0. The summed E-state index contributed by atoms with van der Waals surface area (Å²) in [6.45, 7) is 1.27. The van der Waals surface area contributed by atoms with Crippen molar-refractivity contribution in [3.05, 3.63) is 38.1 Å². The summed E-state index contributed by atoms with van der Waals surface area (Å²) < 4.78 is 19.9. The zero-order valence-corrected chi connectivity index (χ0v) is 14.4. The topological polar surface area (TPSA) is 144 Å². The Kier molecular flexibility index (Phi) is 7.01. The summed E-state index contributed by atoms with van der Waals surface area (Å²) in [6.07, 6.45) is 0. The maximum atomic E-state index is 14.7. The molecule has 1 aromatic rings. The number of nitro groups is 1. The Balaban J connectivity index is 3.88. The minimum atomic E-state index is -2.35. The minimum absolute atomic E-state index is 0.0929. The van der Waals surface area contributed by atoms with Crippen molar-refractivity contribution >= 4 is 29.3 Å². The molecule has 0 aliphatic rings. The summed E-state index contributed by atoms with van der Waals surface area (Å²) in [4.78, 5) is 44.5. The lowest BCUT2D eigenvalue weighted by molar-refractivity contribution is -0.484. The summed E-state index contributed by atoms with van der Waals surface area (Å²) in [6, 6.07) is 0.938. The monoisotopic (exact) mass is 391 g/mol. The number of ether oxygens (including phenoxy) is 1. The van der Waals surface area contributed by atoms with Gasteiger partial charge in [-0.05, 0) is 19.9 Å². The lowest BCUT2D eigenvalue weighted by Gasteiger charge is -2.23. The van der Waals surface area contributed by atoms with Gasteiger partial charge in [0.25, 0.3) is 0 Å². The van der Waals surface area contributed by atoms with Crippen molar-refractivity contribution in [1.29, 1.82) is 0 Å². The highest BCUT2D eigenvalue weighted by molar-refractivity contribution is 6.31. The van der Waals surface area contributed by atoms with Crippen molar-refractivity contribution in [2.75, 3.05) is 13.2 Å². The Hall–Kier alpha value is -2.75. The highest BCUT2D eigenvalue weighted by atomic mass is 35.5. The molecular formula is C15H15ClFNO8. The molecule has 0 amide bonds. The first-order chi connectivity index (χ1) is 12.0. The average molecular weight is 392 g/mol. The van der Waals surface area contributed by atoms with Gasteiger partial charge in [0.2, 0.25) is 6.54 Å². The Morgan fingerprint density at radius 2 is 1.88 bits per heavy atom. The van der Waals surface area contributed by atoms with Gasteiger partial charge in [0.15, 0.2) is 11.7 Å². The number of Topliss-reactive ketones (excluding diaryl/α,β-unsaturated/α-hetero) is 1. The van der Waals surface area contributed by atoms with E-state index in [4.69, 9.17) is 16.3 Å². The molecule has 0 heterocycles. The summed E-state index contributed by atoms with van der Waals surface area (Å²) in [5.41, 5.74) is -0.966. The Morgan fingerprint density at radius 1 is 1.35 bits per heavy atom. The van der Waals surface area contributed by atoms with Crippen LogP contribution >= 0.6 is 11.6 Å². The zero-order chi connectivity index (χ0) is 20.2. The van der Waals surface area contributed by atoms with Gasteiger partial charge in [0.1, 0.15) is 11.6 Å². The number of rotatable bonds is 9. The number of carbonyl (C=O) groups excluding carboxylic acids is 1. The van der Waals surface area contributed by atoms with Crippen molar-refractivity contribution in [3.8, 4) is 5.75 Å². The van der Waals surface area contributed by atoms with Gasteiger partial charge < -0.3 is 14.9 Å². The van der Waals surface area contributed by atoms with Crippen LogP contribution in [0.15, 0.2) is 6.07 Å². The number of carbonyl (C=O) groups is 3. The maximum absolute atomic E-state index is 14.7. The van der Waals surface area contributed by atoms with Gasteiger partial charge in [0, 0.05) is 10.5 Å². The molecule has 0 aliphatic heterocycles. The molecule has 0 aromatic heterocycles. The summed E-state index contributed by atoms with van der Waals surface area (Å²) >= 11 is 5.73. The molecule has 1 rings (SSSR count). The smallest absolute Gasteiger partial charge is 0.318 e. The number of nitrogens with zero attached hydrogens (tertiary/aromatic N) is 1.